The van der Waals surface area contributed by atoms with Gasteiger partial charge in [-0.2, -0.15) is 9.97 Å². The molecule has 2 aromatic heterocycles. The van der Waals surface area contributed by atoms with Crippen LogP contribution in [0.2, 0.25) is 0 Å². The van der Waals surface area contributed by atoms with Gasteiger partial charge >= 0.3 is 6.01 Å². The van der Waals surface area contributed by atoms with E-state index in [0.717, 1.165) is 55.9 Å². The van der Waals surface area contributed by atoms with Crippen LogP contribution in [0, 0.1) is 53.1 Å². The van der Waals surface area contributed by atoms with Gasteiger partial charge in [0.05, 0.1) is 19.3 Å². The lowest BCUT2D eigenvalue weighted by molar-refractivity contribution is 0.160. The van der Waals surface area contributed by atoms with E-state index in [9.17, 15) is 5.11 Å². The summed E-state index contributed by atoms with van der Waals surface area (Å²) in [4.78, 5) is 19.3. The summed E-state index contributed by atoms with van der Waals surface area (Å²) >= 11 is 0. The number of phenols is 1. The van der Waals surface area contributed by atoms with Crippen molar-refractivity contribution in [3.05, 3.63) is 41.5 Å². The Balaban J connectivity index is 1.10. The molecular formula is C40H42F2N6O3. The van der Waals surface area contributed by atoms with Crippen molar-refractivity contribution >= 4 is 27.5 Å². The van der Waals surface area contributed by atoms with Crippen LogP contribution in [0.25, 0.3) is 32.9 Å². The maximum absolute atomic E-state index is 17.3. The van der Waals surface area contributed by atoms with Crippen LogP contribution in [-0.4, -0.2) is 83.5 Å². The molecule has 4 aromatic rings. The summed E-state index contributed by atoms with van der Waals surface area (Å²) in [6.07, 6.45) is 14.1. The third kappa shape index (κ3) is 5.36. The molecule has 3 saturated carbocycles. The Kier molecular flexibility index (Phi) is 7.17. The molecule has 11 heteroatoms. The predicted octanol–water partition coefficient (Wildman–Crippen LogP) is 5.90. The average Bonchev–Trinajstić information content (AvgIpc) is 4.03. The van der Waals surface area contributed by atoms with Crippen molar-refractivity contribution in [2.45, 2.75) is 57.0 Å². The molecule has 3 aliphatic heterocycles. The molecule has 9 nitrogen and oxygen atoms in total. The standard InChI is InChI=1S/C40H42F2N6O3/c1-3-29-31(41)7-6-23-13-28(49)14-30(32(23)29)35-34(42)36-33(38(44-35)50-2)37(48-17-26-11-21-4-5-22(21)12-27(18-48)43-26)46-39(45-36)51-20-40(8-9-40)19-47-15-24-10-25(24)16-47/h1,6-7,13-14,21-22,24-27,43,49H,4-5,8-12,15-20H2,2H3. The number of hydrogen-bond acceptors (Lipinski definition) is 9. The quantitative estimate of drug-likeness (QED) is 0.219. The number of nitrogens with one attached hydrogen (secondary N) is 1. The summed E-state index contributed by atoms with van der Waals surface area (Å²) in [6, 6.07) is 6.26. The Hall–Kier alpha value is -4.27. The summed E-state index contributed by atoms with van der Waals surface area (Å²) in [7, 11) is 1.49. The van der Waals surface area contributed by atoms with Gasteiger partial charge in [-0.05, 0) is 92.2 Å². The number of aromatic hydroxyl groups is 1. The second-order valence-corrected chi connectivity index (χ2v) is 16.3. The molecule has 10 rings (SSSR count). The molecule has 0 radical (unpaired) electrons. The van der Waals surface area contributed by atoms with Gasteiger partial charge in [0.15, 0.2) is 5.82 Å². The van der Waals surface area contributed by atoms with Crippen LogP contribution in [0.1, 0.15) is 50.5 Å². The van der Waals surface area contributed by atoms with E-state index in [1.807, 2.05) is 0 Å². The second kappa shape index (κ2) is 11.6. The summed E-state index contributed by atoms with van der Waals surface area (Å²) in [5.41, 5.74) is -0.0126. The van der Waals surface area contributed by atoms with Gasteiger partial charge in [0, 0.05) is 61.2 Å². The van der Waals surface area contributed by atoms with Crippen LogP contribution in [0.4, 0.5) is 14.6 Å². The number of benzene rings is 2. The number of rotatable bonds is 8. The number of terminal acetylenes is 1. The number of anilines is 1. The number of methoxy groups -OCH3 is 1. The second-order valence-electron chi connectivity index (χ2n) is 16.3. The van der Waals surface area contributed by atoms with Gasteiger partial charge in [-0.1, -0.05) is 12.0 Å². The Bertz CT molecular complexity index is 2100. The third-order valence-corrected chi connectivity index (χ3v) is 12.8. The van der Waals surface area contributed by atoms with Crippen molar-refractivity contribution in [2.75, 3.05) is 51.3 Å². The smallest absolute Gasteiger partial charge is 0.319 e. The lowest BCUT2D eigenvalue weighted by Gasteiger charge is -2.39. The zero-order valence-electron chi connectivity index (χ0n) is 28.8. The van der Waals surface area contributed by atoms with Gasteiger partial charge in [-0.15, -0.1) is 6.42 Å². The predicted molar refractivity (Wildman–Crippen MR) is 190 cm³/mol. The number of nitrogens with zero attached hydrogens (tertiary/aromatic N) is 5. The molecule has 2 aromatic carbocycles. The molecule has 3 aliphatic carbocycles. The van der Waals surface area contributed by atoms with Gasteiger partial charge in [0.1, 0.15) is 34.0 Å². The molecule has 0 amide bonds. The van der Waals surface area contributed by atoms with Gasteiger partial charge in [0.25, 0.3) is 0 Å². The van der Waals surface area contributed by atoms with Gasteiger partial charge in [-0.3, -0.25) is 0 Å². The van der Waals surface area contributed by atoms with E-state index < -0.39 is 11.6 Å². The van der Waals surface area contributed by atoms with Crippen LogP contribution >= 0.6 is 0 Å². The zero-order valence-corrected chi connectivity index (χ0v) is 28.8. The first-order chi connectivity index (χ1) is 24.8. The Morgan fingerprint density at radius 3 is 2.37 bits per heavy atom. The van der Waals surface area contributed by atoms with Crippen molar-refractivity contribution in [2.24, 2.45) is 29.1 Å². The lowest BCUT2D eigenvalue weighted by atomic mass is 9.69. The topological polar surface area (TPSA) is 95.9 Å². The Morgan fingerprint density at radius 1 is 0.961 bits per heavy atom. The monoisotopic (exact) mass is 692 g/mol. The van der Waals surface area contributed by atoms with Gasteiger partial charge in [-0.25, -0.2) is 13.8 Å². The van der Waals surface area contributed by atoms with Gasteiger partial charge in [0.2, 0.25) is 5.88 Å². The first-order valence-corrected chi connectivity index (χ1v) is 18.5. The molecule has 0 spiro atoms. The number of fused-ring (bicyclic) bond motifs is 6. The minimum atomic E-state index is -0.749. The highest BCUT2D eigenvalue weighted by atomic mass is 19.1. The van der Waals surface area contributed by atoms with Crippen LogP contribution < -0.4 is 19.7 Å². The number of phenolic OH excluding ortho intramolecular Hbond substituents is 1. The van der Waals surface area contributed by atoms with E-state index in [4.69, 9.17) is 25.9 Å². The van der Waals surface area contributed by atoms with Crippen LogP contribution in [0.15, 0.2) is 24.3 Å². The fourth-order valence-electron chi connectivity index (χ4n) is 9.81. The molecule has 3 saturated heterocycles. The van der Waals surface area contributed by atoms with Crippen LogP contribution in [0.3, 0.4) is 0 Å². The maximum atomic E-state index is 17.3. The van der Waals surface area contributed by atoms with E-state index in [1.165, 1.54) is 63.7 Å². The van der Waals surface area contributed by atoms with Crippen molar-refractivity contribution in [3.63, 3.8) is 0 Å². The minimum absolute atomic E-state index is 0.00180. The van der Waals surface area contributed by atoms with Crippen molar-refractivity contribution in [3.8, 4) is 41.2 Å². The van der Waals surface area contributed by atoms with E-state index in [-0.39, 0.29) is 62.9 Å². The van der Waals surface area contributed by atoms with Gasteiger partial charge < -0.3 is 29.7 Å². The third-order valence-electron chi connectivity index (χ3n) is 12.8. The highest BCUT2D eigenvalue weighted by molar-refractivity contribution is 6.04. The minimum Gasteiger partial charge on any atom is -0.508 e. The molecule has 6 unspecified atom stereocenters. The number of piperidine rings is 1. The maximum Gasteiger partial charge on any atom is 0.319 e. The fraction of sp³-hybridized carbons (Fsp3) is 0.525. The summed E-state index contributed by atoms with van der Waals surface area (Å²) in [5, 5.41) is 15.7. The molecular weight excluding hydrogens is 650 g/mol. The number of pyridine rings is 1. The molecule has 2 bridgehead atoms. The molecule has 6 atom stereocenters. The number of halogens is 2. The molecule has 51 heavy (non-hydrogen) atoms. The highest BCUT2D eigenvalue weighted by Gasteiger charge is 2.51. The average molecular weight is 693 g/mol. The first kappa shape index (κ1) is 31.5. The summed E-state index contributed by atoms with van der Waals surface area (Å²) < 4.78 is 44.7. The molecule has 2 N–H and O–H groups in total. The van der Waals surface area contributed by atoms with Crippen molar-refractivity contribution in [1.29, 1.82) is 0 Å². The zero-order chi connectivity index (χ0) is 34.6. The van der Waals surface area contributed by atoms with E-state index in [0.29, 0.717) is 36.3 Å². The van der Waals surface area contributed by atoms with Crippen LogP contribution in [-0.2, 0) is 0 Å². The van der Waals surface area contributed by atoms with E-state index in [1.54, 1.807) is 0 Å². The summed E-state index contributed by atoms with van der Waals surface area (Å²) in [5.74, 6) is 4.79. The number of piperazine rings is 1. The number of aromatic nitrogens is 3. The van der Waals surface area contributed by atoms with E-state index in [2.05, 4.69) is 26.0 Å². The number of hydrogen-bond donors (Lipinski definition) is 2. The Morgan fingerprint density at radius 2 is 1.71 bits per heavy atom. The highest BCUT2D eigenvalue weighted by Crippen LogP contribution is 2.51. The number of ether oxygens (including phenoxy) is 2. The van der Waals surface area contributed by atoms with Crippen molar-refractivity contribution in [1.82, 2.24) is 25.2 Å². The molecule has 5 heterocycles. The fourth-order valence-corrected chi connectivity index (χ4v) is 9.81. The molecule has 264 valence electrons. The normalized spacial score (nSPS) is 28.8. The Labute approximate surface area is 295 Å². The SMILES string of the molecule is C#Cc1c(F)ccc2cc(O)cc(-c3nc(OC)c4c(N5CC6CC7CCC7CC(C5)N6)nc(OCC5(CN6CC7CC7C6)CC5)nc4c3F)c12. The lowest BCUT2D eigenvalue weighted by Crippen LogP contribution is -2.56. The first-order valence-electron chi connectivity index (χ1n) is 18.5. The number of likely N-dealkylation sites (tertiary alicyclic amines) is 1. The van der Waals surface area contributed by atoms with Crippen LogP contribution in [0.5, 0.6) is 17.6 Å². The molecule has 6 fully saturated rings. The molecule has 6 aliphatic rings. The van der Waals surface area contributed by atoms with E-state index >= 15 is 8.78 Å². The summed E-state index contributed by atoms with van der Waals surface area (Å²) in [6.45, 7) is 5.22. The largest absolute Gasteiger partial charge is 0.508 e. The van der Waals surface area contributed by atoms with Crippen molar-refractivity contribution < 1.29 is 23.4 Å².